The molecule has 0 spiro atoms. The number of pyridine rings is 1. The number of amides is 1. The monoisotopic (exact) mass is 366 g/mol. The maximum Gasteiger partial charge on any atom is 0.303 e. The molecule has 3 aromatic rings. The second-order valence-electron chi connectivity index (χ2n) is 6.51. The minimum Gasteiger partial charge on any atom is -0.505 e. The molecule has 0 radical (unpaired) electrons. The van der Waals surface area contributed by atoms with E-state index in [1.165, 1.54) is 0 Å². The third-order valence-electron chi connectivity index (χ3n) is 4.71. The summed E-state index contributed by atoms with van der Waals surface area (Å²) in [7, 11) is 0. The van der Waals surface area contributed by atoms with Crippen LogP contribution in [0.1, 0.15) is 28.2 Å². The molecule has 0 unspecified atom stereocenters. The fourth-order valence-corrected chi connectivity index (χ4v) is 3.33. The number of carboxylic acids is 1. The van der Waals surface area contributed by atoms with Crippen molar-refractivity contribution in [3.8, 4) is 5.75 Å². The Bertz CT molecular complexity index is 1040. The first-order valence-electron chi connectivity index (χ1n) is 8.66. The Morgan fingerprint density at radius 3 is 2.85 bits per heavy atom. The highest BCUT2D eigenvalue weighted by molar-refractivity contribution is 6.02. The third-order valence-corrected chi connectivity index (χ3v) is 4.71. The van der Waals surface area contributed by atoms with E-state index in [0.717, 1.165) is 11.1 Å². The van der Waals surface area contributed by atoms with E-state index >= 15 is 0 Å². The average molecular weight is 366 g/mol. The van der Waals surface area contributed by atoms with Crippen LogP contribution >= 0.6 is 0 Å². The van der Waals surface area contributed by atoms with Crippen molar-refractivity contribution >= 4 is 22.8 Å². The van der Waals surface area contributed by atoms with Crippen molar-refractivity contribution in [3.05, 3.63) is 53.5 Å². The minimum absolute atomic E-state index is 0.0249. The molecule has 0 saturated heterocycles. The van der Waals surface area contributed by atoms with Gasteiger partial charge in [0.25, 0.3) is 5.91 Å². The summed E-state index contributed by atoms with van der Waals surface area (Å²) in [4.78, 5) is 29.5. The molecule has 27 heavy (non-hydrogen) atoms. The SMILES string of the molecule is O=C(O)CCc1cc2n(n1)CCN(C(=O)c1ccc3cccnc3c1O)C2. The Balaban J connectivity index is 1.56. The van der Waals surface area contributed by atoms with Crippen molar-refractivity contribution in [2.45, 2.75) is 25.9 Å². The van der Waals surface area contributed by atoms with Gasteiger partial charge in [0.2, 0.25) is 0 Å². The van der Waals surface area contributed by atoms with E-state index in [0.29, 0.717) is 37.3 Å². The van der Waals surface area contributed by atoms with E-state index in [2.05, 4.69) is 10.1 Å². The number of aromatic nitrogens is 3. The van der Waals surface area contributed by atoms with Gasteiger partial charge in [-0.3, -0.25) is 19.3 Å². The summed E-state index contributed by atoms with van der Waals surface area (Å²) < 4.78 is 1.81. The van der Waals surface area contributed by atoms with Crippen LogP contribution < -0.4 is 0 Å². The summed E-state index contributed by atoms with van der Waals surface area (Å²) in [5.74, 6) is -1.24. The lowest BCUT2D eigenvalue weighted by atomic mass is 10.1. The molecular formula is C19H18N4O4. The van der Waals surface area contributed by atoms with Crippen LogP contribution in [0.4, 0.5) is 0 Å². The average Bonchev–Trinajstić information content (AvgIpc) is 3.08. The standard InChI is InChI=1S/C19H18N4O4/c24-16(25)6-4-13-10-14-11-22(8-9-23(14)21-13)19(27)15-5-3-12-2-1-7-20-17(12)18(15)26/h1-3,5,7,10,26H,4,6,8-9,11H2,(H,24,25). The predicted molar refractivity (Wildman–Crippen MR) is 96.3 cm³/mol. The molecule has 1 aromatic carbocycles. The molecule has 2 N–H and O–H groups in total. The van der Waals surface area contributed by atoms with Crippen LogP contribution in [0.15, 0.2) is 36.5 Å². The molecule has 4 rings (SSSR count). The molecule has 0 aliphatic carbocycles. The fourth-order valence-electron chi connectivity index (χ4n) is 3.33. The zero-order chi connectivity index (χ0) is 19.0. The number of carbonyl (C=O) groups excluding carboxylic acids is 1. The van der Waals surface area contributed by atoms with Gasteiger partial charge < -0.3 is 15.1 Å². The number of hydrogen-bond donors (Lipinski definition) is 2. The lowest BCUT2D eigenvalue weighted by molar-refractivity contribution is -0.136. The maximum absolute atomic E-state index is 12.9. The molecule has 138 valence electrons. The van der Waals surface area contributed by atoms with Gasteiger partial charge in [-0.2, -0.15) is 5.10 Å². The number of phenols is 1. The van der Waals surface area contributed by atoms with Gasteiger partial charge in [-0.1, -0.05) is 12.1 Å². The van der Waals surface area contributed by atoms with Gasteiger partial charge >= 0.3 is 5.97 Å². The van der Waals surface area contributed by atoms with Crippen LogP contribution in [-0.4, -0.2) is 48.3 Å². The number of aromatic hydroxyl groups is 1. The molecule has 0 bridgehead atoms. The number of carboxylic acid groups (broad SMARTS) is 1. The lowest BCUT2D eigenvalue weighted by Gasteiger charge is -2.28. The first-order chi connectivity index (χ1) is 13.0. The van der Waals surface area contributed by atoms with Gasteiger partial charge in [-0.05, 0) is 18.2 Å². The molecular weight excluding hydrogens is 348 g/mol. The zero-order valence-corrected chi connectivity index (χ0v) is 14.5. The largest absolute Gasteiger partial charge is 0.505 e. The highest BCUT2D eigenvalue weighted by atomic mass is 16.4. The molecule has 1 aliphatic rings. The quantitative estimate of drug-likeness (QED) is 0.729. The van der Waals surface area contributed by atoms with Crippen molar-refractivity contribution in [1.82, 2.24) is 19.7 Å². The van der Waals surface area contributed by atoms with Crippen LogP contribution in [0.3, 0.4) is 0 Å². The molecule has 0 saturated carbocycles. The Kier molecular flexibility index (Phi) is 4.23. The van der Waals surface area contributed by atoms with Crippen molar-refractivity contribution in [2.75, 3.05) is 6.54 Å². The predicted octanol–water partition coefficient (Wildman–Crippen LogP) is 1.81. The number of rotatable bonds is 4. The number of aliphatic carboxylic acids is 1. The number of hydrogen-bond acceptors (Lipinski definition) is 5. The molecule has 1 aliphatic heterocycles. The number of benzene rings is 1. The van der Waals surface area contributed by atoms with Gasteiger partial charge in [0.15, 0.2) is 5.75 Å². The van der Waals surface area contributed by atoms with Crippen molar-refractivity contribution in [2.24, 2.45) is 0 Å². The van der Waals surface area contributed by atoms with Gasteiger partial charge in [0.1, 0.15) is 5.52 Å². The van der Waals surface area contributed by atoms with Crippen LogP contribution in [0, 0.1) is 0 Å². The Morgan fingerprint density at radius 2 is 2.04 bits per heavy atom. The highest BCUT2D eigenvalue weighted by Crippen LogP contribution is 2.28. The second kappa shape index (κ2) is 6.71. The molecule has 2 aromatic heterocycles. The third kappa shape index (κ3) is 3.21. The number of nitrogens with zero attached hydrogens (tertiary/aromatic N) is 4. The van der Waals surface area contributed by atoms with Gasteiger partial charge in [0, 0.05) is 24.5 Å². The summed E-state index contributed by atoms with van der Waals surface area (Å²) in [5.41, 5.74) is 2.19. The fraction of sp³-hybridized carbons (Fsp3) is 0.263. The van der Waals surface area contributed by atoms with E-state index in [4.69, 9.17) is 5.11 Å². The molecule has 0 atom stereocenters. The lowest BCUT2D eigenvalue weighted by Crippen LogP contribution is -2.38. The summed E-state index contributed by atoms with van der Waals surface area (Å²) in [6, 6.07) is 8.83. The first-order valence-corrected chi connectivity index (χ1v) is 8.66. The van der Waals surface area contributed by atoms with Crippen molar-refractivity contribution in [1.29, 1.82) is 0 Å². The molecule has 3 heterocycles. The normalized spacial score (nSPS) is 13.6. The Labute approximate surface area is 154 Å². The highest BCUT2D eigenvalue weighted by Gasteiger charge is 2.25. The van der Waals surface area contributed by atoms with Gasteiger partial charge in [-0.25, -0.2) is 0 Å². The van der Waals surface area contributed by atoms with Gasteiger partial charge in [0.05, 0.1) is 36.5 Å². The minimum atomic E-state index is -0.863. The van der Waals surface area contributed by atoms with E-state index in [1.54, 1.807) is 29.3 Å². The maximum atomic E-state index is 12.9. The smallest absolute Gasteiger partial charge is 0.303 e. The zero-order valence-electron chi connectivity index (χ0n) is 14.5. The number of phenolic OH excluding ortho intramolecular Hbond substituents is 1. The molecule has 8 nitrogen and oxygen atoms in total. The second-order valence-corrected chi connectivity index (χ2v) is 6.51. The van der Waals surface area contributed by atoms with Crippen molar-refractivity contribution in [3.63, 3.8) is 0 Å². The number of fused-ring (bicyclic) bond motifs is 2. The molecule has 0 fully saturated rings. The van der Waals surface area contributed by atoms with Crippen LogP contribution in [0.2, 0.25) is 0 Å². The summed E-state index contributed by atoms with van der Waals surface area (Å²) in [6.45, 7) is 1.35. The molecule has 8 heteroatoms. The van der Waals surface area contributed by atoms with Crippen LogP contribution in [0.5, 0.6) is 5.75 Å². The molecule has 1 amide bonds. The van der Waals surface area contributed by atoms with E-state index in [-0.39, 0.29) is 23.6 Å². The van der Waals surface area contributed by atoms with Gasteiger partial charge in [-0.15, -0.1) is 0 Å². The van der Waals surface area contributed by atoms with Crippen molar-refractivity contribution < 1.29 is 19.8 Å². The number of carbonyl (C=O) groups is 2. The van der Waals surface area contributed by atoms with Crippen LogP contribution in [0.25, 0.3) is 10.9 Å². The van der Waals surface area contributed by atoms with E-state index in [1.807, 2.05) is 16.8 Å². The summed E-state index contributed by atoms with van der Waals surface area (Å²) in [5, 5.41) is 24.5. The van der Waals surface area contributed by atoms with Crippen LogP contribution in [-0.2, 0) is 24.3 Å². The topological polar surface area (TPSA) is 109 Å². The summed E-state index contributed by atoms with van der Waals surface area (Å²) >= 11 is 0. The first kappa shape index (κ1) is 17.0. The summed E-state index contributed by atoms with van der Waals surface area (Å²) in [6.07, 6.45) is 1.96. The number of aryl methyl sites for hydroxylation is 1. The Morgan fingerprint density at radius 1 is 1.19 bits per heavy atom. The Hall–Kier alpha value is -3.42. The van der Waals surface area contributed by atoms with E-state index < -0.39 is 5.97 Å². The van der Waals surface area contributed by atoms with E-state index in [9.17, 15) is 14.7 Å².